The first-order valence-corrected chi connectivity index (χ1v) is 6.09. The summed E-state index contributed by atoms with van der Waals surface area (Å²) in [4.78, 5) is 0. The molecule has 0 aliphatic carbocycles. The molecule has 1 unspecified atom stereocenters. The van der Waals surface area contributed by atoms with Gasteiger partial charge >= 0.3 is 0 Å². The predicted molar refractivity (Wildman–Crippen MR) is 71.3 cm³/mol. The minimum Gasteiger partial charge on any atom is -0.247 e. The largest absolute Gasteiger partial charge is 0.247 e. The minimum atomic E-state index is -0.369. The van der Waals surface area contributed by atoms with Crippen LogP contribution in [0.4, 0.5) is 4.39 Å². The lowest BCUT2D eigenvalue weighted by Gasteiger charge is -2.06. The zero-order chi connectivity index (χ0) is 12.4. The van der Waals surface area contributed by atoms with Crippen molar-refractivity contribution in [2.75, 3.05) is 6.67 Å². The lowest BCUT2D eigenvalue weighted by molar-refractivity contribution is 0.545. The average Bonchev–Trinajstić information content (AvgIpc) is 2.17. The van der Waals surface area contributed by atoms with Crippen molar-refractivity contribution >= 4 is 0 Å². The quantitative estimate of drug-likeness (QED) is 0.410. The van der Waals surface area contributed by atoms with Gasteiger partial charge in [0.25, 0.3) is 0 Å². The zero-order valence-corrected chi connectivity index (χ0v) is 11.1. The summed E-state index contributed by atoms with van der Waals surface area (Å²) in [5, 5.41) is 0. The molecule has 0 fully saturated rings. The third-order valence-corrected chi connectivity index (χ3v) is 2.53. The van der Waals surface area contributed by atoms with Crippen molar-refractivity contribution in [1.82, 2.24) is 0 Å². The fourth-order valence-electron chi connectivity index (χ4n) is 1.45. The van der Waals surface area contributed by atoms with Crippen LogP contribution in [0.15, 0.2) is 35.5 Å². The molecule has 0 rings (SSSR count). The lowest BCUT2D eigenvalue weighted by atomic mass is 10.0. The van der Waals surface area contributed by atoms with E-state index in [1.165, 1.54) is 12.0 Å². The van der Waals surface area contributed by atoms with Gasteiger partial charge in [0.05, 0.1) is 0 Å². The summed E-state index contributed by atoms with van der Waals surface area (Å²) in [6, 6.07) is 0. The van der Waals surface area contributed by atoms with E-state index in [9.17, 15) is 4.39 Å². The van der Waals surface area contributed by atoms with Crippen molar-refractivity contribution < 1.29 is 4.39 Å². The molecule has 92 valence electrons. The summed E-state index contributed by atoms with van der Waals surface area (Å²) < 4.78 is 12.0. The Kier molecular flexibility index (Phi) is 8.88. The van der Waals surface area contributed by atoms with Crippen molar-refractivity contribution in [3.05, 3.63) is 35.5 Å². The van der Waals surface area contributed by atoms with E-state index in [1.54, 1.807) is 6.08 Å². The number of rotatable bonds is 7. The molecule has 0 spiro atoms. The summed E-state index contributed by atoms with van der Waals surface area (Å²) in [7, 11) is 0. The molecule has 16 heavy (non-hydrogen) atoms. The first-order valence-electron chi connectivity index (χ1n) is 6.09. The highest BCUT2D eigenvalue weighted by Crippen LogP contribution is 2.13. The van der Waals surface area contributed by atoms with Gasteiger partial charge in [0.15, 0.2) is 0 Å². The number of allylic oxidation sites excluding steroid dienone is 6. The molecule has 0 aliphatic rings. The highest BCUT2D eigenvalue weighted by Gasteiger charge is 1.97. The average molecular weight is 224 g/mol. The normalized spacial score (nSPS) is 14.2. The van der Waals surface area contributed by atoms with E-state index in [-0.39, 0.29) is 6.67 Å². The van der Waals surface area contributed by atoms with Gasteiger partial charge in [0, 0.05) is 0 Å². The van der Waals surface area contributed by atoms with Crippen LogP contribution in [0.25, 0.3) is 0 Å². The Bertz CT molecular complexity index is 255. The van der Waals surface area contributed by atoms with Gasteiger partial charge in [-0.05, 0) is 46.0 Å². The van der Waals surface area contributed by atoms with Gasteiger partial charge in [-0.1, -0.05) is 42.4 Å². The van der Waals surface area contributed by atoms with Crippen LogP contribution in [0, 0.1) is 5.92 Å². The molecule has 0 saturated heterocycles. The smallest absolute Gasteiger partial charge is 0.108 e. The molecule has 0 radical (unpaired) electrons. The second kappa shape index (κ2) is 9.38. The van der Waals surface area contributed by atoms with Crippen molar-refractivity contribution in [2.24, 2.45) is 5.92 Å². The van der Waals surface area contributed by atoms with Gasteiger partial charge in [-0.2, -0.15) is 0 Å². The van der Waals surface area contributed by atoms with Crippen molar-refractivity contribution in [2.45, 2.75) is 47.0 Å². The summed E-state index contributed by atoms with van der Waals surface area (Å²) in [5.74, 6) is 0.699. The Hall–Kier alpha value is -0.850. The standard InChI is InChI=1S/C15H25F/c1-13(2)7-5-8-14(3)9-6-10-15(4)11-12-16/h6-7,10-11,14H,5,8-9,12H2,1-4H3/b10-6+,15-11+. The Morgan fingerprint density at radius 3 is 2.44 bits per heavy atom. The second-order valence-electron chi connectivity index (χ2n) is 4.70. The van der Waals surface area contributed by atoms with Gasteiger partial charge in [-0.15, -0.1) is 0 Å². The first-order chi connectivity index (χ1) is 7.56. The summed E-state index contributed by atoms with van der Waals surface area (Å²) >= 11 is 0. The number of alkyl halides is 1. The van der Waals surface area contributed by atoms with Gasteiger partial charge in [0.1, 0.15) is 6.67 Å². The molecule has 1 atom stereocenters. The molecule has 0 amide bonds. The van der Waals surface area contributed by atoms with Gasteiger partial charge in [-0.25, -0.2) is 4.39 Å². The topological polar surface area (TPSA) is 0 Å². The number of hydrogen-bond donors (Lipinski definition) is 0. The van der Waals surface area contributed by atoms with Gasteiger partial charge in [0.2, 0.25) is 0 Å². The monoisotopic (exact) mass is 224 g/mol. The molecular formula is C15H25F. The summed E-state index contributed by atoms with van der Waals surface area (Å²) in [5.41, 5.74) is 2.41. The van der Waals surface area contributed by atoms with Crippen LogP contribution < -0.4 is 0 Å². The Morgan fingerprint density at radius 2 is 1.88 bits per heavy atom. The van der Waals surface area contributed by atoms with Crippen LogP contribution in [0.1, 0.15) is 47.0 Å². The van der Waals surface area contributed by atoms with Crippen LogP contribution >= 0.6 is 0 Å². The minimum absolute atomic E-state index is 0.369. The zero-order valence-electron chi connectivity index (χ0n) is 11.1. The van der Waals surface area contributed by atoms with Crippen LogP contribution in [0.2, 0.25) is 0 Å². The molecule has 0 N–H and O–H groups in total. The van der Waals surface area contributed by atoms with E-state index in [0.29, 0.717) is 5.92 Å². The molecule has 0 aromatic heterocycles. The van der Waals surface area contributed by atoms with E-state index in [0.717, 1.165) is 18.4 Å². The number of hydrogen-bond acceptors (Lipinski definition) is 0. The van der Waals surface area contributed by atoms with Crippen LogP contribution in [-0.2, 0) is 0 Å². The molecule has 0 bridgehead atoms. The van der Waals surface area contributed by atoms with E-state index in [2.05, 4.69) is 32.9 Å². The van der Waals surface area contributed by atoms with E-state index >= 15 is 0 Å². The van der Waals surface area contributed by atoms with Crippen molar-refractivity contribution in [1.29, 1.82) is 0 Å². The molecule has 1 heteroatoms. The number of halogens is 1. The molecule has 0 nitrogen and oxygen atoms in total. The third-order valence-electron chi connectivity index (χ3n) is 2.53. The highest BCUT2D eigenvalue weighted by molar-refractivity contribution is 5.15. The van der Waals surface area contributed by atoms with Crippen molar-refractivity contribution in [3.63, 3.8) is 0 Å². The SMILES string of the molecule is CC(C)=CCCC(C)C/C=C/C(C)=C/CF. The summed E-state index contributed by atoms with van der Waals surface area (Å²) in [6.07, 6.45) is 11.5. The maximum Gasteiger partial charge on any atom is 0.108 e. The lowest BCUT2D eigenvalue weighted by Crippen LogP contribution is -1.91. The van der Waals surface area contributed by atoms with Crippen molar-refractivity contribution in [3.8, 4) is 0 Å². The maximum absolute atomic E-state index is 12.0. The fraction of sp³-hybridized carbons (Fsp3) is 0.600. The molecule has 0 aromatic carbocycles. The van der Waals surface area contributed by atoms with E-state index in [4.69, 9.17) is 0 Å². The van der Waals surface area contributed by atoms with Crippen LogP contribution in [0.3, 0.4) is 0 Å². The van der Waals surface area contributed by atoms with E-state index in [1.807, 2.05) is 13.0 Å². The molecule has 0 aliphatic heterocycles. The van der Waals surface area contributed by atoms with Gasteiger partial charge in [-0.3, -0.25) is 0 Å². The predicted octanol–water partition coefficient (Wildman–Crippen LogP) is 5.23. The van der Waals surface area contributed by atoms with Gasteiger partial charge < -0.3 is 0 Å². The third kappa shape index (κ3) is 9.70. The molecular weight excluding hydrogens is 199 g/mol. The Balaban J connectivity index is 3.76. The Morgan fingerprint density at radius 1 is 1.19 bits per heavy atom. The highest BCUT2D eigenvalue weighted by atomic mass is 19.1. The van der Waals surface area contributed by atoms with Crippen LogP contribution in [0.5, 0.6) is 0 Å². The second-order valence-corrected chi connectivity index (χ2v) is 4.70. The molecule has 0 aromatic rings. The van der Waals surface area contributed by atoms with Crippen LogP contribution in [-0.4, -0.2) is 6.67 Å². The Labute approximate surface area is 99.9 Å². The first kappa shape index (κ1) is 15.2. The fourth-order valence-corrected chi connectivity index (χ4v) is 1.45. The maximum atomic E-state index is 12.0. The molecule has 0 heterocycles. The summed E-state index contributed by atoms with van der Waals surface area (Å²) in [6.45, 7) is 8.10. The van der Waals surface area contributed by atoms with E-state index < -0.39 is 0 Å². The molecule has 0 saturated carbocycles.